The minimum absolute atomic E-state index is 0.00916. The Balaban J connectivity index is 2.42. The van der Waals surface area contributed by atoms with Gasteiger partial charge in [0.25, 0.3) is 0 Å². The van der Waals surface area contributed by atoms with Gasteiger partial charge in [-0.2, -0.15) is 0 Å². The van der Waals surface area contributed by atoms with E-state index >= 15 is 0 Å². The molecule has 0 aliphatic carbocycles. The molecule has 1 atom stereocenters. The molecule has 0 saturated heterocycles. The minimum Gasteiger partial charge on any atom is -0.354 e. The number of unbranched alkanes of at least 4 members (excludes halogenated alkanes) is 1. The van der Waals surface area contributed by atoms with Crippen LogP contribution in [0.15, 0.2) is 42.5 Å². The molecule has 2 aromatic rings. The lowest BCUT2D eigenvalue weighted by Crippen LogP contribution is -2.52. The van der Waals surface area contributed by atoms with E-state index < -0.39 is 34.3 Å². The molecule has 1 unspecified atom stereocenters. The smallest absolute Gasteiger partial charge is 0.244 e. The molecule has 35 heavy (non-hydrogen) atoms. The average molecular weight is 546 g/mol. The topological polar surface area (TPSA) is 86.8 Å². The van der Waals surface area contributed by atoms with Crippen molar-refractivity contribution >= 4 is 50.7 Å². The molecule has 0 heterocycles. The van der Waals surface area contributed by atoms with Crippen LogP contribution in [0.5, 0.6) is 0 Å². The van der Waals surface area contributed by atoms with Crippen LogP contribution in [0.2, 0.25) is 10.0 Å². The van der Waals surface area contributed by atoms with Gasteiger partial charge in [0, 0.05) is 18.1 Å². The van der Waals surface area contributed by atoms with Crippen LogP contribution in [0.1, 0.15) is 38.7 Å². The Hall–Kier alpha value is -2.36. The van der Waals surface area contributed by atoms with Crippen molar-refractivity contribution < 1.29 is 22.4 Å². The Labute approximate surface area is 216 Å². The summed E-state index contributed by atoms with van der Waals surface area (Å²) in [6.45, 7) is 3.63. The van der Waals surface area contributed by atoms with E-state index in [0.29, 0.717) is 23.6 Å². The maximum atomic E-state index is 13.6. The number of nitrogens with zero attached hydrogens (tertiary/aromatic N) is 2. The number of benzene rings is 2. The van der Waals surface area contributed by atoms with E-state index in [0.717, 1.165) is 23.4 Å². The Morgan fingerprint density at radius 1 is 1.09 bits per heavy atom. The van der Waals surface area contributed by atoms with Gasteiger partial charge in [0.2, 0.25) is 21.8 Å². The van der Waals surface area contributed by atoms with Crippen molar-refractivity contribution in [3.8, 4) is 0 Å². The maximum absolute atomic E-state index is 13.6. The predicted molar refractivity (Wildman–Crippen MR) is 138 cm³/mol. The fraction of sp³-hybridized carbons (Fsp3) is 0.417. The number of carbonyl (C=O) groups excluding carboxylic acids is 2. The summed E-state index contributed by atoms with van der Waals surface area (Å²) in [5.74, 6) is -1.38. The first-order chi connectivity index (χ1) is 16.5. The van der Waals surface area contributed by atoms with Crippen molar-refractivity contribution in [2.24, 2.45) is 0 Å². The molecule has 0 aromatic heterocycles. The molecule has 0 radical (unpaired) electrons. The fourth-order valence-electron chi connectivity index (χ4n) is 3.49. The number of hydrogen-bond donors (Lipinski definition) is 1. The number of nitrogens with one attached hydrogen (secondary N) is 1. The van der Waals surface area contributed by atoms with E-state index in [-0.39, 0.29) is 23.2 Å². The third-order valence-electron chi connectivity index (χ3n) is 5.34. The van der Waals surface area contributed by atoms with Crippen LogP contribution in [-0.2, 0) is 26.2 Å². The van der Waals surface area contributed by atoms with E-state index in [2.05, 4.69) is 5.32 Å². The summed E-state index contributed by atoms with van der Waals surface area (Å²) < 4.78 is 39.5. The molecule has 11 heteroatoms. The predicted octanol–water partition coefficient (Wildman–Crippen LogP) is 4.62. The molecular formula is C24H30Cl2FN3O4S. The summed E-state index contributed by atoms with van der Waals surface area (Å²) in [5.41, 5.74) is 0.684. The number of amides is 2. The van der Waals surface area contributed by atoms with Gasteiger partial charge in [-0.15, -0.1) is 0 Å². The van der Waals surface area contributed by atoms with Crippen LogP contribution in [0.25, 0.3) is 0 Å². The SMILES string of the molecule is CCCCNC(=O)C(CC)N(Cc1ccc(F)cc1)C(=O)CN(c1ccc(Cl)cc1Cl)S(C)(=O)=O. The zero-order valence-electron chi connectivity index (χ0n) is 19.9. The second kappa shape index (κ2) is 13.1. The summed E-state index contributed by atoms with van der Waals surface area (Å²) in [6.07, 6.45) is 2.93. The van der Waals surface area contributed by atoms with E-state index in [4.69, 9.17) is 23.2 Å². The second-order valence-electron chi connectivity index (χ2n) is 8.08. The van der Waals surface area contributed by atoms with Gasteiger partial charge in [0.15, 0.2) is 0 Å². The number of halogens is 3. The van der Waals surface area contributed by atoms with Crippen LogP contribution in [0.4, 0.5) is 10.1 Å². The summed E-state index contributed by atoms with van der Waals surface area (Å²) in [5, 5.41) is 3.21. The number of sulfonamides is 1. The molecule has 0 fully saturated rings. The van der Waals surface area contributed by atoms with Gasteiger partial charge in [0.05, 0.1) is 17.0 Å². The summed E-state index contributed by atoms with van der Waals surface area (Å²) in [4.78, 5) is 27.8. The third-order valence-corrected chi connectivity index (χ3v) is 7.00. The molecule has 2 rings (SSSR count). The number of anilines is 1. The average Bonchev–Trinajstić information content (AvgIpc) is 2.78. The standard InChI is InChI=1S/C24H30Cl2FN3O4S/c1-4-6-13-28-24(32)21(5-2)29(15-17-7-10-19(27)11-8-17)23(31)16-30(35(3,33)34)22-12-9-18(25)14-20(22)26/h7-12,14,21H,4-6,13,15-16H2,1-3H3,(H,28,32). The lowest BCUT2D eigenvalue weighted by atomic mass is 10.1. The first-order valence-electron chi connectivity index (χ1n) is 11.2. The minimum atomic E-state index is -3.92. The summed E-state index contributed by atoms with van der Waals surface area (Å²) in [7, 11) is -3.92. The highest BCUT2D eigenvalue weighted by Crippen LogP contribution is 2.30. The van der Waals surface area contributed by atoms with E-state index in [1.54, 1.807) is 6.92 Å². The maximum Gasteiger partial charge on any atom is 0.244 e. The number of carbonyl (C=O) groups is 2. The molecule has 2 aromatic carbocycles. The van der Waals surface area contributed by atoms with Crippen molar-refractivity contribution in [2.45, 2.75) is 45.7 Å². The van der Waals surface area contributed by atoms with Gasteiger partial charge < -0.3 is 10.2 Å². The zero-order valence-corrected chi connectivity index (χ0v) is 22.3. The van der Waals surface area contributed by atoms with Crippen molar-refractivity contribution in [3.63, 3.8) is 0 Å². The normalized spacial score (nSPS) is 12.2. The number of rotatable bonds is 12. The van der Waals surface area contributed by atoms with Crippen molar-refractivity contribution in [2.75, 3.05) is 23.7 Å². The molecule has 0 aliphatic heterocycles. The quantitative estimate of drug-likeness (QED) is 0.394. The Morgan fingerprint density at radius 2 is 1.74 bits per heavy atom. The zero-order chi connectivity index (χ0) is 26.2. The molecule has 0 bridgehead atoms. The van der Waals surface area contributed by atoms with Crippen molar-refractivity contribution in [1.29, 1.82) is 0 Å². The Bertz CT molecular complexity index is 1130. The van der Waals surface area contributed by atoms with Gasteiger partial charge in [-0.05, 0) is 48.7 Å². The van der Waals surface area contributed by atoms with Crippen LogP contribution < -0.4 is 9.62 Å². The van der Waals surface area contributed by atoms with E-state index in [1.165, 1.54) is 47.4 Å². The van der Waals surface area contributed by atoms with Crippen LogP contribution in [-0.4, -0.2) is 50.5 Å². The molecule has 0 spiro atoms. The lowest BCUT2D eigenvalue weighted by molar-refractivity contribution is -0.140. The fourth-order valence-corrected chi connectivity index (χ4v) is 4.91. The highest BCUT2D eigenvalue weighted by molar-refractivity contribution is 7.92. The summed E-state index contributed by atoms with van der Waals surface area (Å²) in [6, 6.07) is 8.96. The number of hydrogen-bond acceptors (Lipinski definition) is 4. The van der Waals surface area contributed by atoms with Gasteiger partial charge in [-0.25, -0.2) is 12.8 Å². The third kappa shape index (κ3) is 8.37. The largest absolute Gasteiger partial charge is 0.354 e. The highest BCUT2D eigenvalue weighted by atomic mass is 35.5. The van der Waals surface area contributed by atoms with Gasteiger partial charge >= 0.3 is 0 Å². The molecule has 0 aliphatic rings. The molecule has 1 N–H and O–H groups in total. The second-order valence-corrected chi connectivity index (χ2v) is 10.8. The lowest BCUT2D eigenvalue weighted by Gasteiger charge is -2.33. The van der Waals surface area contributed by atoms with Gasteiger partial charge in [0.1, 0.15) is 18.4 Å². The van der Waals surface area contributed by atoms with Gasteiger partial charge in [-0.1, -0.05) is 55.6 Å². The monoisotopic (exact) mass is 545 g/mol. The molecule has 192 valence electrons. The van der Waals surface area contributed by atoms with Crippen LogP contribution in [0.3, 0.4) is 0 Å². The van der Waals surface area contributed by atoms with E-state index in [1.807, 2.05) is 6.92 Å². The first kappa shape index (κ1) is 28.9. The first-order valence-corrected chi connectivity index (χ1v) is 13.8. The molecular weight excluding hydrogens is 516 g/mol. The van der Waals surface area contributed by atoms with E-state index in [9.17, 15) is 22.4 Å². The van der Waals surface area contributed by atoms with Crippen molar-refractivity contribution in [3.05, 3.63) is 63.9 Å². The Kier molecular flexibility index (Phi) is 10.8. The molecule has 7 nitrogen and oxygen atoms in total. The van der Waals surface area contributed by atoms with Crippen LogP contribution in [0, 0.1) is 5.82 Å². The molecule has 2 amide bonds. The summed E-state index contributed by atoms with van der Waals surface area (Å²) >= 11 is 12.2. The van der Waals surface area contributed by atoms with Crippen LogP contribution >= 0.6 is 23.2 Å². The highest BCUT2D eigenvalue weighted by Gasteiger charge is 2.32. The van der Waals surface area contributed by atoms with Crippen molar-refractivity contribution in [1.82, 2.24) is 10.2 Å². The molecule has 0 saturated carbocycles. The van der Waals surface area contributed by atoms with Gasteiger partial charge in [-0.3, -0.25) is 13.9 Å². The Morgan fingerprint density at radius 3 is 2.29 bits per heavy atom.